The van der Waals surface area contributed by atoms with Gasteiger partial charge in [-0.25, -0.2) is 24.4 Å². The number of hydrogen-bond acceptors (Lipinski definition) is 21. The molecule has 6 N–H and O–H groups in total. The van der Waals surface area contributed by atoms with Gasteiger partial charge in [0.05, 0.1) is 37.9 Å². The number of cyclic esters (lactones) is 1. The van der Waals surface area contributed by atoms with Crippen molar-refractivity contribution in [1.29, 1.82) is 0 Å². The van der Waals surface area contributed by atoms with Crippen LogP contribution >= 0.6 is 0 Å². The molecule has 0 unspecified atom stereocenters. The van der Waals surface area contributed by atoms with E-state index in [-0.39, 0.29) is 94.4 Å². The summed E-state index contributed by atoms with van der Waals surface area (Å²) in [5, 5.41) is 36.4. The van der Waals surface area contributed by atoms with Crippen LogP contribution in [0.1, 0.15) is 144 Å². The number of carboxylic acids is 1. The molecule has 0 radical (unpaired) electrons. The van der Waals surface area contributed by atoms with E-state index in [4.69, 9.17) is 38.9 Å². The van der Waals surface area contributed by atoms with Gasteiger partial charge in [0, 0.05) is 109 Å². The van der Waals surface area contributed by atoms with E-state index in [1.807, 2.05) is 51.2 Å². The van der Waals surface area contributed by atoms with E-state index < -0.39 is 120 Å². The predicted molar refractivity (Wildman–Crippen MR) is 338 cm³/mol. The highest BCUT2D eigenvalue weighted by Gasteiger charge is 2.53. The Kier molecular flexibility index (Phi) is 29.1. The zero-order valence-electron chi connectivity index (χ0n) is 55.4. The van der Waals surface area contributed by atoms with Crippen molar-refractivity contribution in [1.82, 2.24) is 25.1 Å². The summed E-state index contributed by atoms with van der Waals surface area (Å²) in [4.78, 5) is 123. The van der Waals surface area contributed by atoms with Crippen molar-refractivity contribution in [2.24, 2.45) is 35.3 Å². The van der Waals surface area contributed by atoms with Crippen molar-refractivity contribution < 1.29 is 86.8 Å². The van der Waals surface area contributed by atoms with Gasteiger partial charge in [-0.3, -0.25) is 24.0 Å². The molecule has 3 saturated heterocycles. The molecule has 3 amide bonds. The van der Waals surface area contributed by atoms with E-state index in [2.05, 4.69) is 15.3 Å². The van der Waals surface area contributed by atoms with E-state index in [1.165, 1.54) is 31.5 Å². The van der Waals surface area contributed by atoms with Crippen molar-refractivity contribution in [3.63, 3.8) is 0 Å². The Morgan fingerprint density at radius 2 is 1.60 bits per heavy atom. The fourth-order valence-corrected chi connectivity index (χ4v) is 13.0. The predicted octanol–water partition coefficient (Wildman–Crippen LogP) is 5.51. The first kappa shape index (κ1) is 74.7. The fraction of sp³-hybridized carbons (Fsp3) is 0.701. The molecule has 1 saturated carbocycles. The number of aliphatic hydroxyl groups excluding tert-OH is 1. The number of aliphatic carboxylic acids is 1. The molecule has 1 aliphatic carbocycles. The van der Waals surface area contributed by atoms with Gasteiger partial charge in [0.15, 0.2) is 5.78 Å². The maximum absolute atomic E-state index is 14.7. The highest BCUT2D eigenvalue weighted by atomic mass is 16.6. The number of aliphatic hydroxyl groups is 2. The number of nitrogens with zero attached hydrogens (tertiary/aromatic N) is 5. The van der Waals surface area contributed by atoms with Gasteiger partial charge in [0.1, 0.15) is 42.3 Å². The summed E-state index contributed by atoms with van der Waals surface area (Å²) >= 11 is 0. The number of Topliss-reactive ketones (excluding diaryl/α,β-unsaturated/α-hetero) is 3. The first-order chi connectivity index (χ1) is 43.8. The highest BCUT2D eigenvalue weighted by Crippen LogP contribution is 2.38. The lowest BCUT2D eigenvalue weighted by Crippen LogP contribution is -2.61. The third kappa shape index (κ3) is 20.3. The summed E-state index contributed by atoms with van der Waals surface area (Å²) in [6.07, 6.45) is 11.6. The Labute approximate surface area is 541 Å². The normalized spacial score (nSPS) is 33.7. The Hall–Kier alpha value is -6.32. The molecule has 0 spiro atoms. The van der Waals surface area contributed by atoms with Crippen LogP contribution in [-0.2, 0) is 73.3 Å². The first-order valence-corrected chi connectivity index (χ1v) is 32.7. The quantitative estimate of drug-likeness (QED) is 0.0589. The van der Waals surface area contributed by atoms with Crippen molar-refractivity contribution in [3.8, 4) is 0 Å². The second-order valence-electron chi connectivity index (χ2n) is 25.6. The first-order valence-electron chi connectivity index (χ1n) is 32.7. The van der Waals surface area contributed by atoms with Crippen LogP contribution in [-0.4, -0.2) is 210 Å². The minimum absolute atomic E-state index is 0.0000157. The SMILES string of the molecule is CCCOCCC(=O)N1CCN(c2ncc(CNC(=O)O[C@@H]3CC[C@@H](C[C@@H](N)[C@@H]4CC(=O)[C@H](C)/C=C(\C)[C@@H](O)[C@@H](OC)C(=O)[C@H](C)C[C@H](C)/C=C/C=C/C=C(\C)[C@@H](OC)C[C@@H]5CC[C@@H](C)[C@@](O)(O5)C(=O)C(=O)N5CCCC[C@H]5C(=O)O4)C[C@H]3OC)cn2)C[C@@H]1C(=O)O. The molecular weight excluding hydrogens is 1190 g/mol. The van der Waals surface area contributed by atoms with Gasteiger partial charge >= 0.3 is 18.0 Å². The summed E-state index contributed by atoms with van der Waals surface area (Å²) in [7, 11) is 4.40. The summed E-state index contributed by atoms with van der Waals surface area (Å²) in [5.41, 5.74) is 8.72. The summed E-state index contributed by atoms with van der Waals surface area (Å²) in [5.74, 6) is -9.98. The van der Waals surface area contributed by atoms with Crippen molar-refractivity contribution in [2.45, 2.75) is 212 Å². The fourth-order valence-electron chi connectivity index (χ4n) is 13.0. The minimum atomic E-state index is -2.51. The zero-order chi connectivity index (χ0) is 67.4. The number of fused-ring (bicyclic) bond motifs is 3. The Morgan fingerprint density at radius 1 is 0.859 bits per heavy atom. The number of aromatic nitrogens is 2. The number of piperidine rings is 1. The van der Waals surface area contributed by atoms with E-state index in [0.717, 1.165) is 16.9 Å². The molecule has 6 rings (SSSR count). The number of rotatable bonds is 16. The number of ether oxygens (including phenoxy) is 7. The number of alkyl carbamates (subject to hydrolysis) is 1. The van der Waals surface area contributed by atoms with Gasteiger partial charge in [-0.15, -0.1) is 0 Å². The number of methoxy groups -OCH3 is 3. The van der Waals surface area contributed by atoms with E-state index in [9.17, 15) is 53.7 Å². The Bertz CT molecular complexity index is 2800. The number of carbonyl (C=O) groups is 8. The molecule has 5 aliphatic rings. The number of nitrogens with two attached hydrogens (primary N) is 1. The second-order valence-corrected chi connectivity index (χ2v) is 25.6. The highest BCUT2D eigenvalue weighted by molar-refractivity contribution is 6.39. The molecule has 4 fully saturated rings. The van der Waals surface area contributed by atoms with E-state index in [1.54, 1.807) is 45.8 Å². The van der Waals surface area contributed by atoms with Crippen LogP contribution in [0.2, 0.25) is 0 Å². The van der Waals surface area contributed by atoms with Crippen LogP contribution in [0.25, 0.3) is 0 Å². The smallest absolute Gasteiger partial charge is 0.407 e. The third-order valence-corrected chi connectivity index (χ3v) is 18.7. The average molecular weight is 1290 g/mol. The van der Waals surface area contributed by atoms with Crippen LogP contribution < -0.4 is 16.0 Å². The van der Waals surface area contributed by atoms with Crippen molar-refractivity contribution in [2.75, 3.05) is 65.6 Å². The number of carboxylic acid groups (broad SMARTS) is 1. The lowest BCUT2D eigenvalue weighted by molar-refractivity contribution is -0.265. The van der Waals surface area contributed by atoms with Crippen molar-refractivity contribution in [3.05, 3.63) is 65.6 Å². The summed E-state index contributed by atoms with van der Waals surface area (Å²) < 4.78 is 41.1. The number of hydrogen-bond donors (Lipinski definition) is 5. The zero-order valence-corrected chi connectivity index (χ0v) is 55.4. The van der Waals surface area contributed by atoms with Gasteiger partial charge < -0.3 is 74.2 Å². The molecule has 0 aromatic carbocycles. The molecule has 92 heavy (non-hydrogen) atoms. The minimum Gasteiger partial charge on any atom is -0.480 e. The lowest BCUT2D eigenvalue weighted by atomic mass is 9.80. The second kappa shape index (κ2) is 35.8. The van der Waals surface area contributed by atoms with Crippen LogP contribution in [0, 0.1) is 29.6 Å². The number of amides is 3. The van der Waals surface area contributed by atoms with Gasteiger partial charge in [-0.05, 0) is 107 Å². The maximum atomic E-state index is 14.7. The Morgan fingerprint density at radius 3 is 2.28 bits per heavy atom. The molecule has 5 heterocycles. The van der Waals surface area contributed by atoms with E-state index >= 15 is 0 Å². The molecule has 2 bridgehead atoms. The molecule has 4 aliphatic heterocycles. The summed E-state index contributed by atoms with van der Waals surface area (Å²) in [6.45, 7) is 13.7. The van der Waals surface area contributed by atoms with E-state index in [0.29, 0.717) is 75.7 Å². The molecule has 25 heteroatoms. The number of allylic oxidation sites excluding steroid dienone is 6. The number of anilines is 1. The number of nitrogens with one attached hydrogen (secondary N) is 1. The number of ketones is 3. The van der Waals surface area contributed by atoms with Gasteiger partial charge in [-0.2, -0.15) is 0 Å². The van der Waals surface area contributed by atoms with Crippen LogP contribution in [0.4, 0.5) is 10.7 Å². The topological polar surface area (TPSA) is 335 Å². The molecule has 1 aromatic rings. The monoisotopic (exact) mass is 1290 g/mol. The number of esters is 1. The molecular formula is C67H101N7O18. The lowest BCUT2D eigenvalue weighted by Gasteiger charge is -2.42. The molecule has 1 aromatic heterocycles. The standard InChI is InChI=1S/C67H101N7O18/c1-11-28-89-29-24-57(76)73-27-26-72(39-51(73)63(81)82)65-69-36-47(37-70-65)38-71-66(84)91-53-23-21-46(33-56(53)87-9)32-49(68)55-35-52(75)42(4)31-44(6)59(78)60(88-10)58(77)43(5)30-40(2)17-13-12-14-18-41(3)54(86-8)34-48-22-20-45(7)67(85,92-48)61(79)62(80)74-25-16-15-19-50(74)64(83)90-55/h12-14,17-18,31,36-37,40,42-43,45-46,48-51,53-56,59-60,78,85H,11,15-16,19-30,32-35,38-39,68H2,1-10H3,(H,71,84)(H,81,82)/b14-12+,17-13+,41-18+,44-31+/t40-,42-,43-,45-,46+,48+,49-,50+,51-,53-,54+,55+,56-,59-,60+,67-/m1/s1. The number of carbonyl (C=O) groups excluding carboxylic acids is 7. The Balaban J connectivity index is 1.15. The van der Waals surface area contributed by atoms with Gasteiger partial charge in [0.25, 0.3) is 11.7 Å². The van der Waals surface area contributed by atoms with Crippen LogP contribution in [0.15, 0.2) is 60.0 Å². The number of piperazine rings is 1. The van der Waals surface area contributed by atoms with Gasteiger partial charge in [0.2, 0.25) is 17.6 Å². The van der Waals surface area contributed by atoms with Gasteiger partial charge in [-0.1, -0.05) is 71.1 Å². The molecule has 16 atom stereocenters. The maximum Gasteiger partial charge on any atom is 0.407 e. The van der Waals surface area contributed by atoms with Crippen LogP contribution in [0.3, 0.4) is 0 Å². The average Bonchev–Trinajstić information content (AvgIpc) is 0.792. The molecule has 25 nitrogen and oxygen atoms in total. The molecule has 512 valence electrons. The van der Waals surface area contributed by atoms with Crippen molar-refractivity contribution >= 4 is 53.1 Å². The third-order valence-electron chi connectivity index (χ3n) is 18.7. The summed E-state index contributed by atoms with van der Waals surface area (Å²) in [6, 6.07) is -3.35. The van der Waals surface area contributed by atoms with Crippen LogP contribution in [0.5, 0.6) is 0 Å². The largest absolute Gasteiger partial charge is 0.480 e.